The first-order valence-electron chi connectivity index (χ1n) is 7.98. The second-order valence-corrected chi connectivity index (χ2v) is 7.93. The molecule has 0 unspecified atom stereocenters. The Kier molecular flexibility index (Phi) is 6.62. The normalized spacial score (nSPS) is 14.2. The van der Waals surface area contributed by atoms with Gasteiger partial charge in [0.05, 0.1) is 11.9 Å². The van der Waals surface area contributed by atoms with Crippen LogP contribution in [0.15, 0.2) is 18.2 Å². The van der Waals surface area contributed by atoms with Crippen molar-refractivity contribution in [1.29, 1.82) is 0 Å². The second kappa shape index (κ2) is 7.81. The molecule has 0 saturated heterocycles. The first kappa shape index (κ1) is 19.5. The predicted molar refractivity (Wildman–Crippen MR) is 95.2 cm³/mol. The Morgan fingerprint density at radius 3 is 2.22 bits per heavy atom. The van der Waals surface area contributed by atoms with E-state index in [-0.39, 0.29) is 11.9 Å². The molecule has 0 saturated carbocycles. The standard InChI is InChI=1S/C17H28N2O3S/c1-7-14(5)18-17(20)16(8-2)19(23(6,21)22)15-10-9-12(3)13(4)11-15/h9-11,14,16H,7-8H2,1-6H3,(H,18,20)/t14-,16+/m0/s1. The van der Waals surface area contributed by atoms with Crippen molar-refractivity contribution in [2.75, 3.05) is 10.6 Å². The summed E-state index contributed by atoms with van der Waals surface area (Å²) in [5.74, 6) is -0.259. The van der Waals surface area contributed by atoms with E-state index in [0.717, 1.165) is 23.8 Å². The van der Waals surface area contributed by atoms with Gasteiger partial charge in [-0.3, -0.25) is 9.10 Å². The Hall–Kier alpha value is -1.56. The van der Waals surface area contributed by atoms with Crippen molar-refractivity contribution in [3.05, 3.63) is 29.3 Å². The Bertz CT molecular complexity index is 656. The molecule has 1 N–H and O–H groups in total. The number of hydrogen-bond acceptors (Lipinski definition) is 3. The number of amides is 1. The van der Waals surface area contributed by atoms with E-state index in [1.807, 2.05) is 46.8 Å². The van der Waals surface area contributed by atoms with Crippen LogP contribution in [-0.4, -0.2) is 32.7 Å². The van der Waals surface area contributed by atoms with Crippen LogP contribution < -0.4 is 9.62 Å². The fourth-order valence-corrected chi connectivity index (χ4v) is 3.57. The van der Waals surface area contributed by atoms with Crippen LogP contribution in [0.5, 0.6) is 0 Å². The summed E-state index contributed by atoms with van der Waals surface area (Å²) in [6, 6.07) is 4.71. The van der Waals surface area contributed by atoms with E-state index in [0.29, 0.717) is 12.1 Å². The van der Waals surface area contributed by atoms with Gasteiger partial charge in [-0.1, -0.05) is 19.9 Å². The van der Waals surface area contributed by atoms with E-state index >= 15 is 0 Å². The van der Waals surface area contributed by atoms with E-state index in [4.69, 9.17) is 0 Å². The van der Waals surface area contributed by atoms with Crippen molar-refractivity contribution in [2.24, 2.45) is 0 Å². The molecule has 1 rings (SSSR count). The minimum Gasteiger partial charge on any atom is -0.352 e. The van der Waals surface area contributed by atoms with Crippen LogP contribution in [0.2, 0.25) is 0 Å². The second-order valence-electron chi connectivity index (χ2n) is 6.07. The highest BCUT2D eigenvalue weighted by Crippen LogP contribution is 2.25. The van der Waals surface area contributed by atoms with Crippen molar-refractivity contribution in [1.82, 2.24) is 5.32 Å². The molecule has 0 aliphatic rings. The van der Waals surface area contributed by atoms with Crippen LogP contribution >= 0.6 is 0 Å². The predicted octanol–water partition coefficient (Wildman–Crippen LogP) is 2.76. The smallest absolute Gasteiger partial charge is 0.244 e. The van der Waals surface area contributed by atoms with E-state index in [9.17, 15) is 13.2 Å². The Balaban J connectivity index is 3.28. The van der Waals surface area contributed by atoms with Gasteiger partial charge in [0.15, 0.2) is 0 Å². The summed E-state index contributed by atoms with van der Waals surface area (Å²) in [6.45, 7) is 9.60. The third-order valence-electron chi connectivity index (χ3n) is 4.08. The highest BCUT2D eigenvalue weighted by atomic mass is 32.2. The van der Waals surface area contributed by atoms with Crippen LogP contribution in [0.1, 0.15) is 44.7 Å². The van der Waals surface area contributed by atoms with Crippen LogP contribution in [0.4, 0.5) is 5.69 Å². The average molecular weight is 340 g/mol. The molecule has 0 heterocycles. The molecule has 5 nitrogen and oxygen atoms in total. The first-order valence-corrected chi connectivity index (χ1v) is 9.83. The number of carbonyl (C=O) groups excluding carboxylic acids is 1. The zero-order chi connectivity index (χ0) is 17.8. The van der Waals surface area contributed by atoms with Crippen molar-refractivity contribution >= 4 is 21.6 Å². The molecule has 0 fully saturated rings. The number of benzene rings is 1. The van der Waals surface area contributed by atoms with Crippen LogP contribution in [0.3, 0.4) is 0 Å². The average Bonchev–Trinajstić information content (AvgIpc) is 2.46. The van der Waals surface area contributed by atoms with Gasteiger partial charge in [0.25, 0.3) is 0 Å². The molecule has 2 atom stereocenters. The number of hydrogen-bond donors (Lipinski definition) is 1. The van der Waals surface area contributed by atoms with Gasteiger partial charge in [-0.2, -0.15) is 0 Å². The molecule has 1 aromatic carbocycles. The lowest BCUT2D eigenvalue weighted by Crippen LogP contribution is -2.51. The molecule has 0 aliphatic carbocycles. The van der Waals surface area contributed by atoms with Gasteiger partial charge in [0.2, 0.25) is 15.9 Å². The summed E-state index contributed by atoms with van der Waals surface area (Å²) in [5.41, 5.74) is 2.61. The third-order valence-corrected chi connectivity index (χ3v) is 5.26. The molecule has 1 aromatic rings. The number of sulfonamides is 1. The minimum absolute atomic E-state index is 0.0118. The number of nitrogens with one attached hydrogen (secondary N) is 1. The molecule has 0 radical (unpaired) electrons. The summed E-state index contributed by atoms with van der Waals surface area (Å²) in [5, 5.41) is 2.88. The van der Waals surface area contributed by atoms with Gasteiger partial charge in [-0.15, -0.1) is 0 Å². The van der Waals surface area contributed by atoms with Crippen LogP contribution in [0, 0.1) is 13.8 Å². The fourth-order valence-electron chi connectivity index (χ4n) is 2.36. The van der Waals surface area contributed by atoms with E-state index < -0.39 is 16.1 Å². The SMILES string of the molecule is CC[C@H](C(=O)N[C@@H](C)CC)N(c1ccc(C)c(C)c1)S(C)(=O)=O. The fraction of sp³-hybridized carbons (Fsp3) is 0.588. The summed E-state index contributed by atoms with van der Waals surface area (Å²) in [7, 11) is -3.57. The monoisotopic (exact) mass is 340 g/mol. The molecule has 1 amide bonds. The lowest BCUT2D eigenvalue weighted by Gasteiger charge is -2.31. The summed E-state index contributed by atoms with van der Waals surface area (Å²) < 4.78 is 25.9. The zero-order valence-electron chi connectivity index (χ0n) is 14.9. The lowest BCUT2D eigenvalue weighted by atomic mass is 10.1. The quantitative estimate of drug-likeness (QED) is 0.830. The molecule has 23 heavy (non-hydrogen) atoms. The first-order chi connectivity index (χ1) is 10.6. The number of anilines is 1. The molecule has 0 bridgehead atoms. The maximum atomic E-state index is 12.5. The summed E-state index contributed by atoms with van der Waals surface area (Å²) >= 11 is 0. The number of aryl methyl sites for hydroxylation is 2. The molecule has 0 spiro atoms. The van der Waals surface area contributed by atoms with Crippen molar-refractivity contribution in [3.8, 4) is 0 Å². The molecule has 6 heteroatoms. The van der Waals surface area contributed by atoms with Gasteiger partial charge >= 0.3 is 0 Å². The topological polar surface area (TPSA) is 66.5 Å². The highest BCUT2D eigenvalue weighted by molar-refractivity contribution is 7.92. The molecular weight excluding hydrogens is 312 g/mol. The van der Waals surface area contributed by atoms with Gasteiger partial charge in [-0.05, 0) is 56.9 Å². The van der Waals surface area contributed by atoms with Gasteiger partial charge < -0.3 is 5.32 Å². The molecular formula is C17H28N2O3S. The Labute approximate surface area is 140 Å². The lowest BCUT2D eigenvalue weighted by molar-refractivity contribution is -0.122. The molecule has 0 aliphatic heterocycles. The molecule has 130 valence electrons. The van der Waals surface area contributed by atoms with Crippen molar-refractivity contribution in [3.63, 3.8) is 0 Å². The largest absolute Gasteiger partial charge is 0.352 e. The number of carbonyl (C=O) groups is 1. The van der Waals surface area contributed by atoms with Gasteiger partial charge in [-0.25, -0.2) is 8.42 Å². The molecule has 0 aromatic heterocycles. The minimum atomic E-state index is -3.57. The third kappa shape index (κ3) is 4.96. The van der Waals surface area contributed by atoms with Crippen molar-refractivity contribution < 1.29 is 13.2 Å². The van der Waals surface area contributed by atoms with E-state index in [1.54, 1.807) is 6.07 Å². The van der Waals surface area contributed by atoms with Crippen LogP contribution in [-0.2, 0) is 14.8 Å². The van der Waals surface area contributed by atoms with Crippen molar-refractivity contribution in [2.45, 2.75) is 59.5 Å². The summed E-state index contributed by atoms with van der Waals surface area (Å²) in [4.78, 5) is 12.5. The highest BCUT2D eigenvalue weighted by Gasteiger charge is 2.31. The zero-order valence-corrected chi connectivity index (χ0v) is 15.7. The summed E-state index contributed by atoms with van der Waals surface area (Å²) in [6.07, 6.45) is 2.34. The number of rotatable bonds is 7. The maximum absolute atomic E-state index is 12.5. The van der Waals surface area contributed by atoms with Gasteiger partial charge in [0, 0.05) is 6.04 Å². The van der Waals surface area contributed by atoms with E-state index in [2.05, 4.69) is 5.32 Å². The Morgan fingerprint density at radius 2 is 1.78 bits per heavy atom. The van der Waals surface area contributed by atoms with E-state index in [1.165, 1.54) is 4.31 Å². The Morgan fingerprint density at radius 1 is 1.17 bits per heavy atom. The van der Waals surface area contributed by atoms with Gasteiger partial charge in [0.1, 0.15) is 6.04 Å². The number of nitrogens with zero attached hydrogens (tertiary/aromatic N) is 1. The maximum Gasteiger partial charge on any atom is 0.244 e. The van der Waals surface area contributed by atoms with Crippen LogP contribution in [0.25, 0.3) is 0 Å².